The number of nitrogens with zero attached hydrogens (tertiary/aromatic N) is 2. The lowest BCUT2D eigenvalue weighted by atomic mass is 9.92. The van der Waals surface area contributed by atoms with Gasteiger partial charge < -0.3 is 4.90 Å². The molecular weight excluding hydrogens is 365 g/mol. The van der Waals surface area contributed by atoms with Crippen LogP contribution in [-0.2, 0) is 9.84 Å². The molecule has 1 aromatic heterocycles. The average molecular weight is 384 g/mol. The van der Waals surface area contributed by atoms with Crippen LogP contribution in [0.4, 0.5) is 18.9 Å². The number of hydrogen-bond donors (Lipinski definition) is 0. The molecule has 3 rings (SSSR count). The fraction of sp³-hybridized carbons (Fsp3) is 0.389. The lowest BCUT2D eigenvalue weighted by Gasteiger charge is -2.38. The number of piperidine rings is 1. The van der Waals surface area contributed by atoms with Crippen LogP contribution >= 0.6 is 0 Å². The van der Waals surface area contributed by atoms with Crippen molar-refractivity contribution in [2.75, 3.05) is 18.0 Å². The summed E-state index contributed by atoms with van der Waals surface area (Å²) >= 11 is 0. The molecule has 1 aliphatic rings. The van der Waals surface area contributed by atoms with E-state index in [1.165, 1.54) is 24.4 Å². The molecular formula is C18H19F3N2O2S. The molecule has 0 radical (unpaired) electrons. The van der Waals surface area contributed by atoms with Gasteiger partial charge in [0.25, 0.3) is 0 Å². The van der Waals surface area contributed by atoms with Crippen LogP contribution in [0.3, 0.4) is 0 Å². The normalized spacial score (nSPS) is 18.5. The summed E-state index contributed by atoms with van der Waals surface area (Å²) < 4.78 is 67.0. The minimum Gasteiger partial charge on any atom is -0.370 e. The minimum absolute atomic E-state index is 0.304. The first-order chi connectivity index (χ1) is 12.2. The van der Waals surface area contributed by atoms with E-state index in [4.69, 9.17) is 0 Å². The van der Waals surface area contributed by atoms with E-state index in [-0.39, 0.29) is 4.90 Å². The molecule has 1 aliphatic heterocycles. The maximum Gasteiger partial charge on any atom is 0.215 e. The monoisotopic (exact) mass is 384 g/mol. The highest BCUT2D eigenvalue weighted by Gasteiger charge is 2.48. The van der Waals surface area contributed by atoms with Crippen LogP contribution in [0.25, 0.3) is 0 Å². The number of rotatable bonds is 4. The van der Waals surface area contributed by atoms with Gasteiger partial charge in [-0.1, -0.05) is 6.07 Å². The summed E-state index contributed by atoms with van der Waals surface area (Å²) in [6.07, 6.45) is 2.01. The van der Waals surface area contributed by atoms with Crippen LogP contribution in [-0.4, -0.2) is 31.5 Å². The van der Waals surface area contributed by atoms with Crippen molar-refractivity contribution in [3.05, 3.63) is 54.4 Å². The number of aromatic nitrogens is 1. The molecule has 8 heteroatoms. The number of benzene rings is 1. The Labute approximate surface area is 150 Å². The second-order valence-electron chi connectivity index (χ2n) is 6.55. The molecule has 26 heavy (non-hydrogen) atoms. The smallest absolute Gasteiger partial charge is 0.215 e. The maximum absolute atomic E-state index is 15.4. The topological polar surface area (TPSA) is 50.3 Å². The number of anilines is 1. The van der Waals surface area contributed by atoms with Crippen molar-refractivity contribution >= 4 is 15.5 Å². The highest BCUT2D eigenvalue weighted by Crippen LogP contribution is 2.40. The molecule has 0 N–H and O–H groups in total. The van der Waals surface area contributed by atoms with E-state index in [0.717, 1.165) is 19.1 Å². The van der Waals surface area contributed by atoms with Crippen molar-refractivity contribution in [1.82, 2.24) is 4.98 Å². The summed E-state index contributed by atoms with van der Waals surface area (Å²) in [6.45, 7) is 1.90. The van der Waals surface area contributed by atoms with Crippen LogP contribution in [0.5, 0.6) is 0 Å². The van der Waals surface area contributed by atoms with Crippen molar-refractivity contribution in [2.45, 2.75) is 29.7 Å². The molecule has 0 amide bonds. The van der Waals surface area contributed by atoms with Gasteiger partial charge in [0.05, 0.1) is 16.8 Å². The highest BCUT2D eigenvalue weighted by atomic mass is 32.2. The summed E-state index contributed by atoms with van der Waals surface area (Å²) in [5, 5.41) is -2.51. The second kappa shape index (κ2) is 6.90. The number of alkyl halides is 1. The van der Waals surface area contributed by atoms with Gasteiger partial charge in [0.1, 0.15) is 5.82 Å². The Hall–Kier alpha value is -2.09. The molecule has 1 fully saturated rings. The molecule has 4 nitrogen and oxygen atoms in total. The summed E-state index contributed by atoms with van der Waals surface area (Å²) in [5.41, 5.74) is 0.707. The molecule has 0 bridgehead atoms. The summed E-state index contributed by atoms with van der Waals surface area (Å²) in [6, 6.07) is 7.24. The SMILES string of the molecule is CC(F)(C1CCN(c2ccc(F)nc2)CC1)S(=O)(=O)c1cccc(F)c1. The molecule has 140 valence electrons. The fourth-order valence-corrected chi connectivity index (χ4v) is 4.95. The van der Waals surface area contributed by atoms with Gasteiger partial charge in [0.2, 0.25) is 20.8 Å². The number of halogens is 3. The molecule has 0 aliphatic carbocycles. The van der Waals surface area contributed by atoms with Gasteiger partial charge in [0.15, 0.2) is 0 Å². The lowest BCUT2D eigenvalue weighted by molar-refractivity contribution is 0.166. The predicted molar refractivity (Wildman–Crippen MR) is 92.2 cm³/mol. The Kier molecular flexibility index (Phi) is 4.96. The zero-order chi connectivity index (χ0) is 18.9. The molecule has 1 unspecified atom stereocenters. The molecule has 1 saturated heterocycles. The Morgan fingerprint density at radius 2 is 1.85 bits per heavy atom. The standard InChI is InChI=1S/C18H19F3N2O2S/c1-18(21,26(24,25)16-4-2-3-14(19)11-16)13-7-9-23(10-8-13)15-5-6-17(20)22-12-15/h2-6,11-13H,7-10H2,1H3. The van der Waals surface area contributed by atoms with Crippen molar-refractivity contribution in [1.29, 1.82) is 0 Å². The lowest BCUT2D eigenvalue weighted by Crippen LogP contribution is -2.45. The van der Waals surface area contributed by atoms with Crippen LogP contribution < -0.4 is 4.90 Å². The van der Waals surface area contributed by atoms with E-state index in [1.807, 2.05) is 4.90 Å². The van der Waals surface area contributed by atoms with Crippen molar-refractivity contribution < 1.29 is 21.6 Å². The predicted octanol–water partition coefficient (Wildman–Crippen LogP) is 3.74. The third-order valence-corrected chi connectivity index (χ3v) is 7.19. The van der Waals surface area contributed by atoms with E-state index >= 15 is 4.39 Å². The van der Waals surface area contributed by atoms with Gasteiger partial charge in [-0.05, 0) is 50.1 Å². The Bertz CT molecular complexity index is 878. The number of pyridine rings is 1. The fourth-order valence-electron chi connectivity index (χ4n) is 3.29. The van der Waals surface area contributed by atoms with Crippen LogP contribution in [0.15, 0.2) is 47.5 Å². The summed E-state index contributed by atoms with van der Waals surface area (Å²) in [7, 11) is -4.34. The first-order valence-corrected chi connectivity index (χ1v) is 9.76. The van der Waals surface area contributed by atoms with Crippen molar-refractivity contribution in [3.8, 4) is 0 Å². The van der Waals surface area contributed by atoms with Crippen LogP contribution in [0.1, 0.15) is 19.8 Å². The maximum atomic E-state index is 15.4. The Balaban J connectivity index is 1.76. The van der Waals surface area contributed by atoms with Gasteiger partial charge in [-0.2, -0.15) is 4.39 Å². The van der Waals surface area contributed by atoms with E-state index in [9.17, 15) is 17.2 Å². The van der Waals surface area contributed by atoms with Crippen LogP contribution in [0.2, 0.25) is 0 Å². The first kappa shape index (κ1) is 18.7. The summed E-state index contributed by atoms with van der Waals surface area (Å²) in [5.74, 6) is -2.03. The Morgan fingerprint density at radius 3 is 2.42 bits per heavy atom. The molecule has 0 spiro atoms. The average Bonchev–Trinajstić information content (AvgIpc) is 2.62. The number of sulfone groups is 1. The van der Waals surface area contributed by atoms with E-state index in [0.29, 0.717) is 31.6 Å². The van der Waals surface area contributed by atoms with Gasteiger partial charge in [0, 0.05) is 19.0 Å². The largest absolute Gasteiger partial charge is 0.370 e. The van der Waals surface area contributed by atoms with Gasteiger partial charge in [-0.15, -0.1) is 0 Å². The quantitative estimate of drug-likeness (QED) is 0.754. The minimum atomic E-state index is -4.34. The first-order valence-electron chi connectivity index (χ1n) is 8.27. The van der Waals surface area contributed by atoms with Crippen molar-refractivity contribution in [2.24, 2.45) is 5.92 Å². The third kappa shape index (κ3) is 3.42. The van der Waals surface area contributed by atoms with E-state index in [2.05, 4.69) is 4.98 Å². The van der Waals surface area contributed by atoms with E-state index in [1.54, 1.807) is 6.07 Å². The highest BCUT2D eigenvalue weighted by molar-refractivity contribution is 7.92. The zero-order valence-electron chi connectivity index (χ0n) is 14.2. The van der Waals surface area contributed by atoms with Crippen LogP contribution in [0, 0.1) is 17.7 Å². The van der Waals surface area contributed by atoms with E-state index < -0.39 is 32.5 Å². The number of hydrogen-bond acceptors (Lipinski definition) is 4. The Morgan fingerprint density at radius 1 is 1.15 bits per heavy atom. The molecule has 0 saturated carbocycles. The summed E-state index contributed by atoms with van der Waals surface area (Å²) in [4.78, 5) is 5.15. The van der Waals surface area contributed by atoms with Gasteiger partial charge >= 0.3 is 0 Å². The third-order valence-electron chi connectivity index (χ3n) is 4.93. The van der Waals surface area contributed by atoms with Gasteiger partial charge in [-0.3, -0.25) is 0 Å². The molecule has 1 aromatic carbocycles. The van der Waals surface area contributed by atoms with Gasteiger partial charge in [-0.25, -0.2) is 22.2 Å². The molecule has 2 heterocycles. The second-order valence-corrected chi connectivity index (χ2v) is 8.82. The molecule has 2 aromatic rings. The molecule has 1 atom stereocenters. The zero-order valence-corrected chi connectivity index (χ0v) is 15.0. The van der Waals surface area contributed by atoms with Crippen molar-refractivity contribution in [3.63, 3.8) is 0 Å².